The Labute approximate surface area is 236 Å². The zero-order valence-electron chi connectivity index (χ0n) is 19.8. The molecule has 5 atom stereocenters. The molecule has 4 aromatic heterocycles. The fraction of sp³-hybridized carbons (Fsp3) is 0.474. The van der Waals surface area contributed by atoms with Gasteiger partial charge in [0.15, 0.2) is 23.0 Å². The highest BCUT2D eigenvalue weighted by molar-refractivity contribution is 8.44. The molecule has 4 aromatic rings. The van der Waals surface area contributed by atoms with Gasteiger partial charge in [0, 0.05) is 13.0 Å². The maximum absolute atomic E-state index is 13.4. The number of aromatic nitrogens is 8. The molecule has 2 unspecified atom stereocenters. The summed E-state index contributed by atoms with van der Waals surface area (Å²) in [5.41, 5.74) is 6.25. The molecular weight excluding hydrogens is 608 g/mol. The summed E-state index contributed by atoms with van der Waals surface area (Å²) >= 11 is 9.34. The molecule has 216 valence electrons. The van der Waals surface area contributed by atoms with Crippen molar-refractivity contribution in [3.05, 3.63) is 35.0 Å². The van der Waals surface area contributed by atoms with Crippen molar-refractivity contribution in [2.45, 2.75) is 45.4 Å². The van der Waals surface area contributed by atoms with Crippen LogP contribution in [0.2, 0.25) is 0 Å². The second-order valence-electron chi connectivity index (χ2n) is 8.55. The number of nitrogens with one attached hydrogen (secondary N) is 1. The van der Waals surface area contributed by atoms with Crippen LogP contribution in [0.25, 0.3) is 22.3 Å². The van der Waals surface area contributed by atoms with Gasteiger partial charge in [-0.1, -0.05) is 19.7 Å². The van der Waals surface area contributed by atoms with Crippen molar-refractivity contribution in [2.24, 2.45) is 0 Å². The molecule has 0 spiro atoms. The fourth-order valence-corrected chi connectivity index (χ4v) is 6.92. The van der Waals surface area contributed by atoms with Gasteiger partial charge in [0.2, 0.25) is 5.95 Å². The molecular formula is C19H25N9O8P2S2. The summed E-state index contributed by atoms with van der Waals surface area (Å²) in [7, 11) is 0. The molecule has 17 nitrogen and oxygen atoms in total. The summed E-state index contributed by atoms with van der Waals surface area (Å²) in [5, 5.41) is 0. The first-order chi connectivity index (χ1) is 18.6. The Bertz CT molecular complexity index is 1710. The van der Waals surface area contributed by atoms with E-state index < -0.39 is 37.5 Å². The minimum Gasteiger partial charge on any atom is -0.369 e. The Morgan fingerprint density at radius 1 is 1.23 bits per heavy atom. The Kier molecular flexibility index (Phi) is 8.15. The molecule has 0 radical (unpaired) electrons. The Morgan fingerprint density at radius 3 is 2.88 bits per heavy atom. The van der Waals surface area contributed by atoms with Crippen LogP contribution in [-0.2, 0) is 52.4 Å². The first kappa shape index (κ1) is 29.2. The lowest BCUT2D eigenvalue weighted by Gasteiger charge is -2.23. The number of rotatable bonds is 1. The molecule has 1 fully saturated rings. The maximum atomic E-state index is 13.4. The second-order valence-corrected chi connectivity index (χ2v) is 14.3. The van der Waals surface area contributed by atoms with Gasteiger partial charge in [-0.3, -0.25) is 23.4 Å². The van der Waals surface area contributed by atoms with Crippen LogP contribution in [0.15, 0.2) is 23.6 Å². The molecule has 0 saturated carbocycles. The van der Waals surface area contributed by atoms with Gasteiger partial charge in [-0.05, 0) is 11.8 Å². The Morgan fingerprint density at radius 2 is 2.05 bits per heavy atom. The maximum Gasteiger partial charge on any atom is 0.386 e. The SMILES string of the molecule is C.Nc1nc2c(ncn2[C@@H]2O[C@@H]3COP(O)(=S)OCCn4c(nc5cncnc54)COP(=O)(S)O[C@@H]2C3)c(=O)[nH]1. The van der Waals surface area contributed by atoms with E-state index in [4.69, 9.17) is 40.4 Å². The molecule has 0 aromatic carbocycles. The second kappa shape index (κ2) is 11.2. The number of fused-ring (bicyclic) bond motifs is 6. The van der Waals surface area contributed by atoms with E-state index in [2.05, 4.69) is 42.2 Å². The summed E-state index contributed by atoms with van der Waals surface area (Å²) < 4.78 is 45.0. The molecule has 2 bridgehead atoms. The van der Waals surface area contributed by atoms with Gasteiger partial charge < -0.3 is 29.0 Å². The van der Waals surface area contributed by atoms with E-state index >= 15 is 0 Å². The lowest BCUT2D eigenvalue weighted by atomic mass is 10.2. The van der Waals surface area contributed by atoms with E-state index in [9.17, 15) is 14.3 Å². The normalized spacial score (nSPS) is 29.9. The minimum absolute atomic E-state index is 0. The predicted octanol–water partition coefficient (Wildman–Crippen LogP) is 1.67. The smallest absolute Gasteiger partial charge is 0.369 e. The number of hydrogen-bond donors (Lipinski definition) is 4. The van der Waals surface area contributed by atoms with Crippen LogP contribution in [0, 0.1) is 0 Å². The summed E-state index contributed by atoms with van der Waals surface area (Å²) in [5.74, 6) is 0.207. The average Bonchev–Trinajstić information content (AvgIpc) is 3.56. The topological polar surface area (TPSA) is 217 Å². The molecule has 6 rings (SSSR count). The van der Waals surface area contributed by atoms with Crippen LogP contribution in [0.1, 0.15) is 25.9 Å². The number of ether oxygens (including phenoxy) is 1. The van der Waals surface area contributed by atoms with Crippen LogP contribution < -0.4 is 11.3 Å². The number of hydrogen-bond acceptors (Lipinski definition) is 14. The summed E-state index contributed by atoms with van der Waals surface area (Å²) in [6.07, 6.45) is 1.69. The highest BCUT2D eigenvalue weighted by Gasteiger charge is 2.43. The largest absolute Gasteiger partial charge is 0.386 e. The van der Waals surface area contributed by atoms with Gasteiger partial charge in [0.25, 0.3) is 5.56 Å². The van der Waals surface area contributed by atoms with Gasteiger partial charge in [0.1, 0.15) is 30.4 Å². The fourth-order valence-electron chi connectivity index (χ4n) is 4.36. The number of imidazole rings is 2. The Balaban J connectivity index is 0.00000323. The van der Waals surface area contributed by atoms with Crippen LogP contribution in [0.3, 0.4) is 0 Å². The van der Waals surface area contributed by atoms with Crippen molar-refractivity contribution in [1.29, 1.82) is 0 Å². The van der Waals surface area contributed by atoms with Crippen LogP contribution in [0.5, 0.6) is 0 Å². The quantitative estimate of drug-likeness (QED) is 0.173. The zero-order chi connectivity index (χ0) is 27.4. The van der Waals surface area contributed by atoms with Gasteiger partial charge in [0.05, 0.1) is 31.8 Å². The monoisotopic (exact) mass is 633 g/mol. The number of thiol groups is 1. The predicted molar refractivity (Wildman–Crippen MR) is 148 cm³/mol. The number of H-pyrrole nitrogens is 1. The van der Waals surface area contributed by atoms with E-state index in [1.54, 1.807) is 4.57 Å². The van der Waals surface area contributed by atoms with Gasteiger partial charge >= 0.3 is 13.5 Å². The van der Waals surface area contributed by atoms with E-state index in [1.165, 1.54) is 23.4 Å². The zero-order valence-corrected chi connectivity index (χ0v) is 23.3. The minimum atomic E-state index is -4.02. The first-order valence-electron chi connectivity index (χ1n) is 11.4. The van der Waals surface area contributed by atoms with Crippen molar-refractivity contribution in [1.82, 2.24) is 39.0 Å². The van der Waals surface area contributed by atoms with Crippen molar-refractivity contribution >= 4 is 65.8 Å². The first-order valence-corrected chi connectivity index (χ1v) is 16.7. The summed E-state index contributed by atoms with van der Waals surface area (Å²) in [6, 6.07) is 0. The Hall–Kier alpha value is -2.31. The molecule has 0 aliphatic carbocycles. The number of anilines is 1. The van der Waals surface area contributed by atoms with Gasteiger partial charge in [-0.15, -0.1) is 0 Å². The van der Waals surface area contributed by atoms with Crippen molar-refractivity contribution < 1.29 is 32.3 Å². The molecule has 40 heavy (non-hydrogen) atoms. The van der Waals surface area contributed by atoms with Crippen molar-refractivity contribution in [3.8, 4) is 0 Å². The van der Waals surface area contributed by atoms with Gasteiger partial charge in [-0.25, -0.2) is 24.5 Å². The van der Waals surface area contributed by atoms with Crippen molar-refractivity contribution in [2.75, 3.05) is 18.9 Å². The number of nitrogens with zero attached hydrogens (tertiary/aromatic N) is 7. The summed E-state index contributed by atoms with van der Waals surface area (Å²) in [4.78, 5) is 46.1. The van der Waals surface area contributed by atoms with E-state index in [0.29, 0.717) is 17.0 Å². The third-order valence-corrected chi connectivity index (χ3v) is 9.22. The van der Waals surface area contributed by atoms with Crippen LogP contribution in [0.4, 0.5) is 5.95 Å². The van der Waals surface area contributed by atoms with Gasteiger partial charge in [-0.2, -0.15) is 4.98 Å². The average molecular weight is 634 g/mol. The highest BCUT2D eigenvalue weighted by Crippen LogP contribution is 2.57. The third-order valence-electron chi connectivity index (χ3n) is 5.98. The molecule has 2 aliphatic heterocycles. The molecule has 2 aliphatic rings. The van der Waals surface area contributed by atoms with Crippen LogP contribution >= 0.6 is 25.8 Å². The molecule has 0 amide bonds. The molecule has 6 heterocycles. The van der Waals surface area contributed by atoms with E-state index in [1.807, 2.05) is 0 Å². The standard InChI is InChI=1S/C18H21N9O8P2S2.CH4/c19-18-24-15-13(16(28)25-18)22-8-27(15)17-11-3-9(34-17)5-32-36(29,38)31-2-1-26-12(6-33-37(30,39)35-11)23-10-4-20-7-21-14(10)26;/h4,7-9,11,17H,1-3,5-6H2,(H,29,38)(H,30,39)(H3,19,24,25,28);1H4/t9-,11+,17+,36?,37?;/m0./s1. The number of nitrogen functional groups attached to an aromatic ring is 1. The molecule has 21 heteroatoms. The highest BCUT2D eigenvalue weighted by atomic mass is 32.7. The number of nitrogens with two attached hydrogens (primary N) is 1. The van der Waals surface area contributed by atoms with E-state index in [-0.39, 0.29) is 57.3 Å². The van der Waals surface area contributed by atoms with Crippen molar-refractivity contribution in [3.63, 3.8) is 0 Å². The number of aromatic amines is 1. The lowest BCUT2D eigenvalue weighted by Crippen LogP contribution is -2.22. The molecule has 1 saturated heterocycles. The third kappa shape index (κ3) is 5.85. The van der Waals surface area contributed by atoms with Crippen LogP contribution in [-0.4, -0.2) is 69.4 Å². The van der Waals surface area contributed by atoms with E-state index in [0.717, 1.165) is 0 Å². The lowest BCUT2D eigenvalue weighted by molar-refractivity contribution is -0.0440. The molecule has 4 N–H and O–H groups in total. The summed E-state index contributed by atoms with van der Waals surface area (Å²) in [6.45, 7) is -7.97.